The molecular weight excluding hydrogens is 326 g/mol. The minimum atomic E-state index is 0. The number of hydrogen-bond acceptors (Lipinski definition) is 4. The van der Waals surface area contributed by atoms with Crippen LogP contribution in [0.2, 0.25) is 0 Å². The van der Waals surface area contributed by atoms with Crippen LogP contribution >= 0.6 is 12.4 Å². The van der Waals surface area contributed by atoms with Crippen molar-refractivity contribution < 1.29 is 9.53 Å². The monoisotopic (exact) mass is 355 g/mol. The van der Waals surface area contributed by atoms with E-state index in [4.69, 9.17) is 4.74 Å². The lowest BCUT2D eigenvalue weighted by Crippen LogP contribution is -2.44. The number of nitrogens with zero attached hydrogens (tertiary/aromatic N) is 1. The average Bonchev–Trinajstić information content (AvgIpc) is 2.54. The Morgan fingerprint density at radius 3 is 2.71 bits per heavy atom. The molecule has 1 aromatic carbocycles. The van der Waals surface area contributed by atoms with Gasteiger partial charge in [-0.05, 0) is 32.9 Å². The molecule has 1 saturated heterocycles. The first kappa shape index (κ1) is 20.7. The number of para-hydroxylation sites is 1. The van der Waals surface area contributed by atoms with E-state index in [2.05, 4.69) is 15.5 Å². The molecule has 0 saturated carbocycles. The molecule has 0 spiro atoms. The fourth-order valence-electron chi connectivity index (χ4n) is 2.72. The lowest BCUT2D eigenvalue weighted by molar-refractivity contribution is -0.120. The van der Waals surface area contributed by atoms with Gasteiger partial charge in [-0.25, -0.2) is 0 Å². The van der Waals surface area contributed by atoms with E-state index in [1.54, 1.807) is 0 Å². The number of benzene rings is 1. The molecule has 5 nitrogen and oxygen atoms in total. The van der Waals surface area contributed by atoms with Crippen LogP contribution in [0.15, 0.2) is 24.3 Å². The second-order valence-electron chi connectivity index (χ2n) is 6.25. The minimum absolute atomic E-state index is 0. The molecule has 0 unspecified atom stereocenters. The second-order valence-corrected chi connectivity index (χ2v) is 6.25. The van der Waals surface area contributed by atoms with Crippen LogP contribution in [0.4, 0.5) is 0 Å². The molecule has 0 radical (unpaired) electrons. The Bertz CT molecular complexity index is 491. The summed E-state index contributed by atoms with van der Waals surface area (Å²) in [6.07, 6.45) is 1.48. The molecular formula is C18H30ClN3O2. The van der Waals surface area contributed by atoms with Crippen molar-refractivity contribution in [3.05, 3.63) is 29.8 Å². The number of piperazine rings is 1. The highest BCUT2D eigenvalue weighted by atomic mass is 35.5. The molecule has 1 aliphatic rings. The van der Waals surface area contributed by atoms with Crippen LogP contribution in [0.25, 0.3) is 0 Å². The Morgan fingerprint density at radius 2 is 2.00 bits per heavy atom. The molecule has 0 aromatic heterocycles. The standard InChI is InChI=1S/C18H29N3O2.ClH/c1-15(2)23-17-7-4-3-6-16(17)14-18(22)20-8-5-11-21-12-9-19-10-13-21;/h3-4,6-7,15,19H,5,8-14H2,1-2H3,(H,20,22);1H. The summed E-state index contributed by atoms with van der Waals surface area (Å²) in [5.74, 6) is 0.864. The molecule has 1 aliphatic heterocycles. The number of amides is 1. The molecule has 0 atom stereocenters. The summed E-state index contributed by atoms with van der Waals surface area (Å²) in [6, 6.07) is 7.76. The van der Waals surface area contributed by atoms with E-state index in [0.717, 1.165) is 57.0 Å². The predicted molar refractivity (Wildman–Crippen MR) is 100 cm³/mol. The van der Waals surface area contributed by atoms with Crippen molar-refractivity contribution >= 4 is 18.3 Å². The lowest BCUT2D eigenvalue weighted by Gasteiger charge is -2.27. The quantitative estimate of drug-likeness (QED) is 0.699. The largest absolute Gasteiger partial charge is 0.491 e. The van der Waals surface area contributed by atoms with Crippen molar-refractivity contribution in [3.63, 3.8) is 0 Å². The lowest BCUT2D eigenvalue weighted by atomic mass is 10.1. The fourth-order valence-corrected chi connectivity index (χ4v) is 2.72. The van der Waals surface area contributed by atoms with Crippen LogP contribution in [0, 0.1) is 0 Å². The van der Waals surface area contributed by atoms with Gasteiger partial charge in [-0.3, -0.25) is 4.79 Å². The molecule has 0 aliphatic carbocycles. The van der Waals surface area contributed by atoms with Crippen LogP contribution < -0.4 is 15.4 Å². The highest BCUT2D eigenvalue weighted by molar-refractivity contribution is 5.85. The first-order valence-corrected chi connectivity index (χ1v) is 8.59. The molecule has 1 heterocycles. The topological polar surface area (TPSA) is 53.6 Å². The Hall–Kier alpha value is -1.30. The van der Waals surface area contributed by atoms with Gasteiger partial charge in [-0.15, -0.1) is 12.4 Å². The summed E-state index contributed by atoms with van der Waals surface area (Å²) >= 11 is 0. The molecule has 1 amide bonds. The third kappa shape index (κ3) is 7.51. The van der Waals surface area contributed by atoms with E-state index in [1.807, 2.05) is 38.1 Å². The predicted octanol–water partition coefficient (Wildman–Crippen LogP) is 1.85. The van der Waals surface area contributed by atoms with Gasteiger partial charge in [0.1, 0.15) is 5.75 Å². The van der Waals surface area contributed by atoms with Gasteiger partial charge in [0, 0.05) is 38.3 Å². The van der Waals surface area contributed by atoms with E-state index in [-0.39, 0.29) is 24.4 Å². The molecule has 1 fully saturated rings. The first-order valence-electron chi connectivity index (χ1n) is 8.59. The number of carbonyl (C=O) groups is 1. The van der Waals surface area contributed by atoms with Gasteiger partial charge in [0.15, 0.2) is 0 Å². The van der Waals surface area contributed by atoms with E-state index >= 15 is 0 Å². The normalized spacial score (nSPS) is 15.0. The molecule has 2 N–H and O–H groups in total. The van der Waals surface area contributed by atoms with Crippen LogP contribution in [-0.2, 0) is 11.2 Å². The summed E-state index contributed by atoms with van der Waals surface area (Å²) in [6.45, 7) is 10.1. The summed E-state index contributed by atoms with van der Waals surface area (Å²) in [7, 11) is 0. The Kier molecular flexibility index (Phi) is 9.76. The Morgan fingerprint density at radius 1 is 1.29 bits per heavy atom. The molecule has 0 bridgehead atoms. The Labute approximate surface area is 151 Å². The van der Waals surface area contributed by atoms with Gasteiger partial charge in [0.25, 0.3) is 0 Å². The van der Waals surface area contributed by atoms with Crippen LogP contribution in [-0.4, -0.2) is 56.2 Å². The summed E-state index contributed by atoms with van der Waals surface area (Å²) < 4.78 is 5.76. The SMILES string of the molecule is CC(C)Oc1ccccc1CC(=O)NCCCN1CCNCC1.Cl. The maximum Gasteiger partial charge on any atom is 0.224 e. The maximum absolute atomic E-state index is 12.1. The van der Waals surface area contributed by atoms with Gasteiger partial charge in [-0.1, -0.05) is 18.2 Å². The van der Waals surface area contributed by atoms with Gasteiger partial charge in [0.2, 0.25) is 5.91 Å². The van der Waals surface area contributed by atoms with Gasteiger partial charge in [0.05, 0.1) is 12.5 Å². The number of rotatable bonds is 8. The molecule has 24 heavy (non-hydrogen) atoms. The zero-order chi connectivity index (χ0) is 16.5. The van der Waals surface area contributed by atoms with Crippen LogP contribution in [0.1, 0.15) is 25.8 Å². The van der Waals surface area contributed by atoms with E-state index in [1.165, 1.54) is 0 Å². The zero-order valence-corrected chi connectivity index (χ0v) is 15.5. The van der Waals surface area contributed by atoms with Gasteiger partial charge < -0.3 is 20.3 Å². The van der Waals surface area contributed by atoms with Crippen molar-refractivity contribution in [3.8, 4) is 5.75 Å². The fraction of sp³-hybridized carbons (Fsp3) is 0.611. The van der Waals surface area contributed by atoms with Crippen molar-refractivity contribution in [2.75, 3.05) is 39.3 Å². The average molecular weight is 356 g/mol. The number of nitrogens with one attached hydrogen (secondary N) is 2. The molecule has 6 heteroatoms. The van der Waals surface area contributed by atoms with Crippen LogP contribution in [0.5, 0.6) is 5.75 Å². The second kappa shape index (κ2) is 11.3. The molecule has 136 valence electrons. The third-order valence-corrected chi connectivity index (χ3v) is 3.87. The van der Waals surface area contributed by atoms with E-state index in [9.17, 15) is 4.79 Å². The molecule has 2 rings (SSSR count). The maximum atomic E-state index is 12.1. The highest BCUT2D eigenvalue weighted by Crippen LogP contribution is 2.19. The number of ether oxygens (including phenoxy) is 1. The zero-order valence-electron chi connectivity index (χ0n) is 14.7. The van der Waals surface area contributed by atoms with Gasteiger partial charge >= 0.3 is 0 Å². The number of hydrogen-bond donors (Lipinski definition) is 2. The number of halogens is 1. The van der Waals surface area contributed by atoms with Crippen molar-refractivity contribution in [2.45, 2.75) is 32.8 Å². The summed E-state index contributed by atoms with van der Waals surface area (Å²) in [5.41, 5.74) is 0.945. The van der Waals surface area contributed by atoms with Crippen molar-refractivity contribution in [1.82, 2.24) is 15.5 Å². The smallest absolute Gasteiger partial charge is 0.224 e. The highest BCUT2D eigenvalue weighted by Gasteiger charge is 2.11. The van der Waals surface area contributed by atoms with Crippen molar-refractivity contribution in [2.24, 2.45) is 0 Å². The molecule has 1 aromatic rings. The third-order valence-electron chi connectivity index (χ3n) is 3.87. The minimum Gasteiger partial charge on any atom is -0.491 e. The van der Waals surface area contributed by atoms with E-state index < -0.39 is 0 Å². The summed E-state index contributed by atoms with van der Waals surface area (Å²) in [5, 5.41) is 6.36. The number of carbonyl (C=O) groups excluding carboxylic acids is 1. The summed E-state index contributed by atoms with van der Waals surface area (Å²) in [4.78, 5) is 14.6. The van der Waals surface area contributed by atoms with E-state index in [0.29, 0.717) is 6.42 Å². The van der Waals surface area contributed by atoms with Gasteiger partial charge in [-0.2, -0.15) is 0 Å². The van der Waals surface area contributed by atoms with Crippen molar-refractivity contribution in [1.29, 1.82) is 0 Å². The van der Waals surface area contributed by atoms with Crippen LogP contribution in [0.3, 0.4) is 0 Å². The first-order chi connectivity index (χ1) is 11.1. The Balaban J connectivity index is 0.00000288.